The Bertz CT molecular complexity index is 470. The zero-order chi connectivity index (χ0) is 12.9. The first-order chi connectivity index (χ1) is 7.90. The highest BCUT2D eigenvalue weighted by Crippen LogP contribution is 2.17. The first-order valence-corrected chi connectivity index (χ1v) is 6.97. The van der Waals surface area contributed by atoms with E-state index < -0.39 is 10.0 Å². The Balaban J connectivity index is 2.49. The van der Waals surface area contributed by atoms with Crippen molar-refractivity contribution < 1.29 is 18.3 Å². The van der Waals surface area contributed by atoms with Crippen LogP contribution < -0.4 is 9.88 Å². The maximum absolute atomic E-state index is 10.7. The molecule has 1 rings (SSSR count). The molecule has 5 nitrogen and oxygen atoms in total. The molecule has 3 N–H and O–H groups in total. The Hall–Kier alpha value is -1.11. The Morgan fingerprint density at radius 2 is 2.06 bits per heavy atom. The Morgan fingerprint density at radius 3 is 2.65 bits per heavy atom. The number of rotatable bonds is 6. The third-order valence-electron chi connectivity index (χ3n) is 2.14. The van der Waals surface area contributed by atoms with Crippen LogP contribution in [0.15, 0.2) is 18.2 Å². The summed E-state index contributed by atoms with van der Waals surface area (Å²) in [5.74, 6) is 0.537. The fourth-order valence-corrected chi connectivity index (χ4v) is 1.97. The number of benzene rings is 1. The first-order valence-electron chi connectivity index (χ1n) is 5.25. The molecule has 0 saturated heterocycles. The van der Waals surface area contributed by atoms with Gasteiger partial charge in [-0.05, 0) is 36.6 Å². The number of primary sulfonamides is 1. The van der Waals surface area contributed by atoms with Crippen molar-refractivity contribution in [2.45, 2.75) is 20.0 Å². The monoisotopic (exact) mass is 259 g/mol. The van der Waals surface area contributed by atoms with E-state index in [1.165, 1.54) is 0 Å². The number of hydrogen-bond donors (Lipinski definition) is 2. The number of hydrogen-bond acceptors (Lipinski definition) is 4. The van der Waals surface area contributed by atoms with Gasteiger partial charge in [0.15, 0.2) is 0 Å². The second kappa shape index (κ2) is 6.00. The molecule has 0 saturated carbocycles. The molecule has 1 aromatic carbocycles. The number of ether oxygens (including phenoxy) is 1. The van der Waals surface area contributed by atoms with Crippen LogP contribution in [0, 0.1) is 6.92 Å². The van der Waals surface area contributed by atoms with Gasteiger partial charge in [-0.1, -0.05) is 6.07 Å². The molecule has 0 aliphatic carbocycles. The summed E-state index contributed by atoms with van der Waals surface area (Å²) in [6.45, 7) is 2.14. The van der Waals surface area contributed by atoms with Gasteiger partial charge >= 0.3 is 0 Å². The van der Waals surface area contributed by atoms with Crippen LogP contribution in [0.1, 0.15) is 17.5 Å². The minimum absolute atomic E-state index is 0.0464. The standard InChI is InChI=1S/C11H17NO4S/c1-9-5-10(8-13)7-11(6-9)16-3-2-4-17(12,14)15/h5-7,13H,2-4,8H2,1H3,(H2,12,14,15). The minimum atomic E-state index is -3.42. The van der Waals surface area contributed by atoms with Crippen LogP contribution in [-0.4, -0.2) is 25.9 Å². The minimum Gasteiger partial charge on any atom is -0.494 e. The fourth-order valence-electron chi connectivity index (χ4n) is 1.45. The van der Waals surface area contributed by atoms with E-state index in [-0.39, 0.29) is 19.0 Å². The van der Waals surface area contributed by atoms with Gasteiger partial charge in [0.05, 0.1) is 19.0 Å². The molecule has 0 bridgehead atoms. The summed E-state index contributed by atoms with van der Waals surface area (Å²) in [6, 6.07) is 5.41. The van der Waals surface area contributed by atoms with Gasteiger partial charge in [0.25, 0.3) is 0 Å². The van der Waals surface area contributed by atoms with Gasteiger partial charge in [-0.25, -0.2) is 13.6 Å². The maximum Gasteiger partial charge on any atom is 0.209 e. The lowest BCUT2D eigenvalue weighted by molar-refractivity contribution is 0.279. The van der Waals surface area contributed by atoms with Crippen LogP contribution in [0.25, 0.3) is 0 Å². The van der Waals surface area contributed by atoms with Crippen LogP contribution in [0.2, 0.25) is 0 Å². The van der Waals surface area contributed by atoms with Crippen LogP contribution in [0.3, 0.4) is 0 Å². The smallest absolute Gasteiger partial charge is 0.209 e. The highest BCUT2D eigenvalue weighted by Gasteiger charge is 2.03. The van der Waals surface area contributed by atoms with E-state index in [9.17, 15) is 8.42 Å². The normalized spacial score (nSPS) is 11.5. The number of aliphatic hydroxyl groups is 1. The van der Waals surface area contributed by atoms with Crippen molar-refractivity contribution in [3.63, 3.8) is 0 Å². The van der Waals surface area contributed by atoms with Gasteiger partial charge in [0, 0.05) is 0 Å². The number of aryl methyl sites for hydroxylation is 1. The predicted octanol–water partition coefficient (Wildman–Crippen LogP) is 0.545. The van der Waals surface area contributed by atoms with Crippen LogP contribution >= 0.6 is 0 Å². The van der Waals surface area contributed by atoms with E-state index in [2.05, 4.69) is 0 Å². The second-order valence-corrected chi connectivity index (χ2v) is 5.62. The van der Waals surface area contributed by atoms with E-state index in [0.29, 0.717) is 12.2 Å². The summed E-state index contributed by atoms with van der Waals surface area (Å²) in [6.07, 6.45) is 0.348. The highest BCUT2D eigenvalue weighted by atomic mass is 32.2. The molecule has 0 aliphatic heterocycles. The van der Waals surface area contributed by atoms with Gasteiger partial charge in [-0.2, -0.15) is 0 Å². The fraction of sp³-hybridized carbons (Fsp3) is 0.455. The summed E-state index contributed by atoms with van der Waals surface area (Å²) in [5, 5.41) is 13.9. The van der Waals surface area contributed by atoms with E-state index in [1.807, 2.05) is 19.1 Å². The second-order valence-electron chi connectivity index (χ2n) is 3.88. The zero-order valence-electron chi connectivity index (χ0n) is 9.72. The number of sulfonamides is 1. The SMILES string of the molecule is Cc1cc(CO)cc(OCCCS(N)(=O)=O)c1. The molecule has 1 aromatic rings. The lowest BCUT2D eigenvalue weighted by Crippen LogP contribution is -2.18. The maximum atomic E-state index is 10.7. The van der Waals surface area contributed by atoms with Crippen molar-refractivity contribution in [3.8, 4) is 5.75 Å². The van der Waals surface area contributed by atoms with Gasteiger partial charge in [-0.15, -0.1) is 0 Å². The molecule has 0 radical (unpaired) electrons. The third kappa shape index (κ3) is 5.67. The third-order valence-corrected chi connectivity index (χ3v) is 2.99. The van der Waals surface area contributed by atoms with Crippen molar-refractivity contribution in [2.24, 2.45) is 5.14 Å². The molecule has 6 heteroatoms. The molecule has 0 aliphatic rings. The van der Waals surface area contributed by atoms with Crippen LogP contribution in [-0.2, 0) is 16.6 Å². The van der Waals surface area contributed by atoms with Crippen LogP contribution in [0.5, 0.6) is 5.75 Å². The van der Waals surface area contributed by atoms with E-state index in [4.69, 9.17) is 15.0 Å². The van der Waals surface area contributed by atoms with Gasteiger partial charge < -0.3 is 9.84 Å². The first kappa shape index (κ1) is 14.0. The molecule has 96 valence electrons. The molecule has 0 unspecified atom stereocenters. The lowest BCUT2D eigenvalue weighted by Gasteiger charge is -2.08. The molecule has 0 atom stereocenters. The largest absolute Gasteiger partial charge is 0.494 e. The summed E-state index contributed by atoms with van der Waals surface area (Å²) in [7, 11) is -3.42. The number of nitrogens with two attached hydrogens (primary N) is 1. The number of aliphatic hydroxyl groups excluding tert-OH is 1. The molecule has 0 heterocycles. The summed E-state index contributed by atoms with van der Waals surface area (Å²) >= 11 is 0. The zero-order valence-corrected chi connectivity index (χ0v) is 10.5. The summed E-state index contributed by atoms with van der Waals surface area (Å²) in [4.78, 5) is 0. The molecule has 0 aromatic heterocycles. The van der Waals surface area contributed by atoms with E-state index in [1.54, 1.807) is 6.07 Å². The Kier molecular flexibility index (Phi) is 4.92. The van der Waals surface area contributed by atoms with Crippen molar-refractivity contribution in [1.29, 1.82) is 0 Å². The topological polar surface area (TPSA) is 89.6 Å². The average molecular weight is 259 g/mol. The van der Waals surface area contributed by atoms with Crippen molar-refractivity contribution >= 4 is 10.0 Å². The Morgan fingerprint density at radius 1 is 1.35 bits per heavy atom. The Labute approximate surface area is 101 Å². The van der Waals surface area contributed by atoms with Gasteiger partial charge in [0.2, 0.25) is 10.0 Å². The van der Waals surface area contributed by atoms with Gasteiger partial charge in [-0.3, -0.25) is 0 Å². The molecular weight excluding hydrogens is 242 g/mol. The molecule has 0 amide bonds. The predicted molar refractivity (Wildman–Crippen MR) is 65.2 cm³/mol. The molecule has 0 fully saturated rings. The van der Waals surface area contributed by atoms with Crippen molar-refractivity contribution in [1.82, 2.24) is 0 Å². The van der Waals surface area contributed by atoms with Crippen molar-refractivity contribution in [2.75, 3.05) is 12.4 Å². The average Bonchev–Trinajstić information content (AvgIpc) is 2.22. The van der Waals surface area contributed by atoms with Crippen LogP contribution in [0.4, 0.5) is 0 Å². The van der Waals surface area contributed by atoms with Crippen molar-refractivity contribution in [3.05, 3.63) is 29.3 Å². The summed E-state index contributed by atoms with van der Waals surface area (Å²) in [5.41, 5.74) is 1.75. The van der Waals surface area contributed by atoms with Gasteiger partial charge in [0.1, 0.15) is 5.75 Å². The summed E-state index contributed by atoms with van der Waals surface area (Å²) < 4.78 is 26.8. The quantitative estimate of drug-likeness (QED) is 0.730. The van der Waals surface area contributed by atoms with E-state index in [0.717, 1.165) is 11.1 Å². The van der Waals surface area contributed by atoms with E-state index >= 15 is 0 Å². The lowest BCUT2D eigenvalue weighted by atomic mass is 10.1. The molecular formula is C11H17NO4S. The molecule has 0 spiro atoms. The molecule has 17 heavy (non-hydrogen) atoms. The highest BCUT2D eigenvalue weighted by molar-refractivity contribution is 7.89.